The van der Waals surface area contributed by atoms with Gasteiger partial charge in [0.15, 0.2) is 0 Å². The number of hydrogen-bond acceptors (Lipinski definition) is 3. The fourth-order valence-corrected chi connectivity index (χ4v) is 2.53. The van der Waals surface area contributed by atoms with Crippen molar-refractivity contribution in [3.63, 3.8) is 0 Å². The summed E-state index contributed by atoms with van der Waals surface area (Å²) >= 11 is 5.97. The van der Waals surface area contributed by atoms with E-state index in [0.717, 1.165) is 25.9 Å². The summed E-state index contributed by atoms with van der Waals surface area (Å²) in [7, 11) is 0. The molecule has 20 heavy (non-hydrogen) atoms. The highest BCUT2D eigenvalue weighted by Crippen LogP contribution is 2.24. The molecule has 1 aromatic carbocycles. The summed E-state index contributed by atoms with van der Waals surface area (Å²) in [4.78, 5) is 22.7. The number of anilines is 1. The van der Waals surface area contributed by atoms with Gasteiger partial charge in [-0.15, -0.1) is 0 Å². The van der Waals surface area contributed by atoms with Gasteiger partial charge in [0, 0.05) is 6.42 Å². The third-order valence-corrected chi connectivity index (χ3v) is 3.74. The monoisotopic (exact) mass is 296 g/mol. The van der Waals surface area contributed by atoms with E-state index in [4.69, 9.17) is 16.7 Å². The van der Waals surface area contributed by atoms with Crippen LogP contribution in [-0.4, -0.2) is 30.1 Å². The molecule has 1 saturated heterocycles. The minimum Gasteiger partial charge on any atom is -0.478 e. The van der Waals surface area contributed by atoms with Crippen molar-refractivity contribution >= 4 is 29.2 Å². The molecular weight excluding hydrogens is 280 g/mol. The second-order valence-electron chi connectivity index (χ2n) is 4.95. The molecular formula is C14H17ClN2O3. The first-order valence-electron chi connectivity index (χ1n) is 6.59. The Hall–Kier alpha value is -1.59. The fraction of sp³-hybridized carbons (Fsp3) is 0.429. The smallest absolute Gasteiger partial charge is 0.335 e. The Morgan fingerprint density at radius 1 is 1.35 bits per heavy atom. The van der Waals surface area contributed by atoms with Gasteiger partial charge in [0.05, 0.1) is 16.3 Å². The van der Waals surface area contributed by atoms with Gasteiger partial charge in [-0.25, -0.2) is 4.79 Å². The zero-order valence-electron chi connectivity index (χ0n) is 11.0. The number of piperidine rings is 1. The van der Waals surface area contributed by atoms with Crippen LogP contribution in [0, 0.1) is 5.92 Å². The molecule has 0 saturated carbocycles. The van der Waals surface area contributed by atoms with Gasteiger partial charge in [0.2, 0.25) is 5.91 Å². The van der Waals surface area contributed by atoms with Gasteiger partial charge in [-0.1, -0.05) is 11.6 Å². The third kappa shape index (κ3) is 3.95. The highest BCUT2D eigenvalue weighted by molar-refractivity contribution is 6.34. The molecule has 0 aromatic heterocycles. The number of carbonyl (C=O) groups is 2. The Morgan fingerprint density at radius 2 is 2.05 bits per heavy atom. The van der Waals surface area contributed by atoms with Crippen molar-refractivity contribution in [3.05, 3.63) is 28.8 Å². The first kappa shape index (κ1) is 14.8. The second-order valence-corrected chi connectivity index (χ2v) is 5.35. The van der Waals surface area contributed by atoms with Crippen molar-refractivity contribution < 1.29 is 14.7 Å². The van der Waals surface area contributed by atoms with E-state index in [2.05, 4.69) is 10.6 Å². The summed E-state index contributed by atoms with van der Waals surface area (Å²) in [5, 5.41) is 15.1. The molecule has 1 fully saturated rings. The topological polar surface area (TPSA) is 78.4 Å². The average molecular weight is 297 g/mol. The molecule has 0 aliphatic carbocycles. The summed E-state index contributed by atoms with van der Waals surface area (Å²) in [5.74, 6) is -0.727. The van der Waals surface area contributed by atoms with E-state index < -0.39 is 5.97 Å². The lowest BCUT2D eigenvalue weighted by molar-refractivity contribution is -0.117. The largest absolute Gasteiger partial charge is 0.478 e. The zero-order chi connectivity index (χ0) is 14.5. The number of rotatable bonds is 4. The van der Waals surface area contributed by atoms with Crippen LogP contribution in [0.25, 0.3) is 0 Å². The van der Waals surface area contributed by atoms with Crippen LogP contribution in [0.1, 0.15) is 29.6 Å². The van der Waals surface area contributed by atoms with Crippen LogP contribution in [0.15, 0.2) is 18.2 Å². The number of nitrogens with one attached hydrogen (secondary N) is 2. The van der Waals surface area contributed by atoms with Gasteiger partial charge in [-0.05, 0) is 50.0 Å². The van der Waals surface area contributed by atoms with Crippen LogP contribution in [0.3, 0.4) is 0 Å². The normalized spacial score (nSPS) is 15.8. The van der Waals surface area contributed by atoms with E-state index >= 15 is 0 Å². The molecule has 1 aromatic rings. The number of hydrogen-bond donors (Lipinski definition) is 3. The van der Waals surface area contributed by atoms with Crippen LogP contribution in [0.5, 0.6) is 0 Å². The van der Waals surface area contributed by atoms with Gasteiger partial charge in [0.25, 0.3) is 0 Å². The average Bonchev–Trinajstić information content (AvgIpc) is 2.42. The number of carboxylic acids is 1. The second kappa shape index (κ2) is 6.72. The summed E-state index contributed by atoms with van der Waals surface area (Å²) in [6.07, 6.45) is 2.47. The third-order valence-electron chi connectivity index (χ3n) is 3.42. The Bertz CT molecular complexity index is 513. The number of carbonyl (C=O) groups excluding carboxylic acids is 1. The van der Waals surface area contributed by atoms with E-state index in [1.54, 1.807) is 0 Å². The summed E-state index contributed by atoms with van der Waals surface area (Å²) < 4.78 is 0. The van der Waals surface area contributed by atoms with Crippen molar-refractivity contribution in [1.29, 1.82) is 0 Å². The number of benzene rings is 1. The van der Waals surface area contributed by atoms with E-state index in [1.165, 1.54) is 18.2 Å². The first-order chi connectivity index (χ1) is 9.56. The quantitative estimate of drug-likeness (QED) is 0.797. The van der Waals surface area contributed by atoms with Gasteiger partial charge in [-0.2, -0.15) is 0 Å². The SMILES string of the molecule is O=C(CC1CCNCC1)Nc1ccc(C(=O)O)cc1Cl. The molecule has 5 nitrogen and oxygen atoms in total. The van der Waals surface area contributed by atoms with Crippen LogP contribution in [-0.2, 0) is 4.79 Å². The highest BCUT2D eigenvalue weighted by atomic mass is 35.5. The van der Waals surface area contributed by atoms with Crippen molar-refractivity contribution in [2.24, 2.45) is 5.92 Å². The summed E-state index contributed by atoms with van der Waals surface area (Å²) in [5.41, 5.74) is 0.557. The molecule has 0 unspecified atom stereocenters. The molecule has 108 valence electrons. The van der Waals surface area contributed by atoms with Crippen LogP contribution >= 0.6 is 11.6 Å². The molecule has 0 spiro atoms. The molecule has 3 N–H and O–H groups in total. The Morgan fingerprint density at radius 3 is 2.65 bits per heavy atom. The summed E-state index contributed by atoms with van der Waals surface area (Å²) in [6, 6.07) is 4.28. The maximum Gasteiger partial charge on any atom is 0.335 e. The highest BCUT2D eigenvalue weighted by Gasteiger charge is 2.17. The molecule has 1 aliphatic heterocycles. The molecule has 0 atom stereocenters. The maximum atomic E-state index is 11.9. The van der Waals surface area contributed by atoms with Crippen molar-refractivity contribution in [1.82, 2.24) is 5.32 Å². The molecule has 2 rings (SSSR count). The molecule has 1 amide bonds. The lowest BCUT2D eigenvalue weighted by Gasteiger charge is -2.22. The molecule has 1 heterocycles. The Kier molecular flexibility index (Phi) is 4.98. The van der Waals surface area contributed by atoms with Crippen LogP contribution in [0.4, 0.5) is 5.69 Å². The molecule has 1 aliphatic rings. The predicted molar refractivity (Wildman–Crippen MR) is 77.3 cm³/mol. The van der Waals surface area contributed by atoms with Crippen LogP contribution in [0.2, 0.25) is 5.02 Å². The van der Waals surface area contributed by atoms with Gasteiger partial charge in [-0.3, -0.25) is 4.79 Å². The standard InChI is InChI=1S/C14H17ClN2O3/c15-11-8-10(14(19)20)1-2-12(11)17-13(18)7-9-3-5-16-6-4-9/h1-2,8-9,16H,3-7H2,(H,17,18)(H,19,20). The zero-order valence-corrected chi connectivity index (χ0v) is 11.7. The lowest BCUT2D eigenvalue weighted by atomic mass is 9.94. The van der Waals surface area contributed by atoms with Gasteiger partial charge < -0.3 is 15.7 Å². The minimum absolute atomic E-state index is 0.0816. The van der Waals surface area contributed by atoms with Crippen molar-refractivity contribution in [2.75, 3.05) is 18.4 Å². The predicted octanol–water partition coefficient (Wildman–Crippen LogP) is 2.37. The Balaban J connectivity index is 1.95. The number of carboxylic acid groups (broad SMARTS) is 1. The van der Waals surface area contributed by atoms with E-state index in [1.807, 2.05) is 0 Å². The van der Waals surface area contributed by atoms with E-state index in [0.29, 0.717) is 18.0 Å². The van der Waals surface area contributed by atoms with Crippen molar-refractivity contribution in [3.8, 4) is 0 Å². The first-order valence-corrected chi connectivity index (χ1v) is 6.97. The minimum atomic E-state index is -1.04. The Labute approximate surface area is 122 Å². The maximum absolute atomic E-state index is 11.9. The van der Waals surface area contributed by atoms with Crippen LogP contribution < -0.4 is 10.6 Å². The number of amides is 1. The van der Waals surface area contributed by atoms with Crippen molar-refractivity contribution in [2.45, 2.75) is 19.3 Å². The molecule has 6 heteroatoms. The molecule has 0 radical (unpaired) electrons. The fourth-order valence-electron chi connectivity index (χ4n) is 2.30. The van der Waals surface area contributed by atoms with Gasteiger partial charge >= 0.3 is 5.97 Å². The van der Waals surface area contributed by atoms with E-state index in [-0.39, 0.29) is 16.5 Å². The lowest BCUT2D eigenvalue weighted by Crippen LogP contribution is -2.30. The number of aromatic carboxylic acids is 1. The summed E-state index contributed by atoms with van der Waals surface area (Å²) in [6.45, 7) is 1.90. The van der Waals surface area contributed by atoms with Gasteiger partial charge in [0.1, 0.15) is 0 Å². The van der Waals surface area contributed by atoms with E-state index in [9.17, 15) is 9.59 Å². The number of halogens is 1. The molecule has 0 bridgehead atoms.